The minimum Gasteiger partial charge on any atom is -0.465 e. The Morgan fingerprint density at radius 2 is 2.00 bits per heavy atom. The molecule has 3 aliphatic heterocycles. The monoisotopic (exact) mass is 604 g/mol. The van der Waals surface area contributed by atoms with Crippen LogP contribution in [0.5, 0.6) is 0 Å². The third kappa shape index (κ3) is 3.64. The second-order valence-electron chi connectivity index (χ2n) is 11.9. The molecule has 3 aromatic carbocycles. The predicted octanol–water partition coefficient (Wildman–Crippen LogP) is 6.18. The van der Waals surface area contributed by atoms with Crippen molar-refractivity contribution in [2.24, 2.45) is 5.92 Å². The summed E-state index contributed by atoms with van der Waals surface area (Å²) in [5.74, 6) is -0.687. The molecule has 2 fully saturated rings. The number of benzene rings is 3. The summed E-state index contributed by atoms with van der Waals surface area (Å²) in [6, 6.07) is 15.9. The standard InChI is InChI=1S/C32H27Cl2FN4O3/c1-42-30(40)17-8-10-24-23(11-17)36-29-26-25(15-38(24)29)39(14-16-5-6-16)32(27(26)20-3-2-4-21(34)28(20)35)13-18-7-9-19(33)12-22(18)37-31(32)41/h2-4,7-12,16,25-27H,5-6,13-15H2,1H3,(H,37,41)/t25-,26+,27-,32+/m0/s1. The number of carbonyl (C=O) groups excluding carboxylic acids is 2. The molecule has 7 nitrogen and oxygen atoms in total. The second kappa shape index (κ2) is 9.27. The van der Waals surface area contributed by atoms with Crippen LogP contribution in [0.15, 0.2) is 54.6 Å². The first-order valence-electron chi connectivity index (χ1n) is 14.2. The first-order valence-corrected chi connectivity index (χ1v) is 14.9. The van der Waals surface area contributed by atoms with Gasteiger partial charge in [-0.05, 0) is 66.3 Å². The molecule has 1 saturated heterocycles. The number of hydrogen-bond donors (Lipinski definition) is 1. The fraction of sp³-hybridized carbons (Fsp3) is 0.344. The molecular formula is C32H27Cl2FN4O3. The summed E-state index contributed by atoms with van der Waals surface area (Å²) < 4.78 is 23.2. The van der Waals surface area contributed by atoms with E-state index in [1.54, 1.807) is 30.3 Å². The van der Waals surface area contributed by atoms with E-state index in [9.17, 15) is 9.59 Å². The number of nitrogens with zero attached hydrogens (tertiary/aromatic N) is 3. The van der Waals surface area contributed by atoms with Gasteiger partial charge in [-0.3, -0.25) is 9.69 Å². The number of halogens is 3. The molecule has 0 unspecified atom stereocenters. The first-order chi connectivity index (χ1) is 20.3. The number of nitrogens with one attached hydrogen (secondary N) is 1. The normalized spacial score (nSPS) is 26.3. The number of aromatic nitrogens is 2. The molecule has 0 bridgehead atoms. The van der Waals surface area contributed by atoms with Crippen molar-refractivity contribution in [2.75, 3.05) is 19.0 Å². The quantitative estimate of drug-likeness (QED) is 0.282. The van der Waals surface area contributed by atoms with Crippen LogP contribution in [0.3, 0.4) is 0 Å². The zero-order valence-electron chi connectivity index (χ0n) is 22.7. The largest absolute Gasteiger partial charge is 0.465 e. The average molecular weight is 605 g/mol. The first kappa shape index (κ1) is 26.2. The van der Waals surface area contributed by atoms with Gasteiger partial charge in [-0.15, -0.1) is 0 Å². The van der Waals surface area contributed by atoms with E-state index in [0.29, 0.717) is 46.2 Å². The molecule has 4 aliphatic rings. The Morgan fingerprint density at radius 3 is 2.79 bits per heavy atom. The van der Waals surface area contributed by atoms with E-state index < -0.39 is 23.2 Å². The lowest BCUT2D eigenvalue weighted by Gasteiger charge is -2.46. The van der Waals surface area contributed by atoms with E-state index in [1.807, 2.05) is 18.2 Å². The molecule has 1 spiro atoms. The smallest absolute Gasteiger partial charge is 0.337 e. The number of ether oxygens (including phenoxy) is 1. The minimum absolute atomic E-state index is 0.0254. The van der Waals surface area contributed by atoms with Gasteiger partial charge < -0.3 is 14.6 Å². The van der Waals surface area contributed by atoms with Gasteiger partial charge in [0.25, 0.3) is 0 Å². The summed E-state index contributed by atoms with van der Waals surface area (Å²) in [6.07, 6.45) is 2.63. The number of rotatable bonds is 4. The molecule has 4 heterocycles. The fourth-order valence-corrected chi connectivity index (χ4v) is 8.09. The van der Waals surface area contributed by atoms with Crippen molar-refractivity contribution in [1.29, 1.82) is 0 Å². The van der Waals surface area contributed by atoms with Crippen molar-refractivity contribution in [3.63, 3.8) is 0 Å². The molecule has 8 rings (SSSR count). The van der Waals surface area contributed by atoms with E-state index >= 15 is 4.39 Å². The Kier molecular flexibility index (Phi) is 5.78. The Labute approximate surface area is 251 Å². The molecule has 1 aromatic heterocycles. The van der Waals surface area contributed by atoms with Gasteiger partial charge in [0, 0.05) is 48.1 Å². The third-order valence-electron chi connectivity index (χ3n) is 9.71. The van der Waals surface area contributed by atoms with Gasteiger partial charge in [0.2, 0.25) is 5.91 Å². The van der Waals surface area contributed by atoms with Crippen LogP contribution < -0.4 is 5.32 Å². The molecule has 42 heavy (non-hydrogen) atoms. The average Bonchev–Trinajstić information content (AvgIpc) is 3.57. The summed E-state index contributed by atoms with van der Waals surface area (Å²) in [6.45, 7) is 1.34. The maximum absolute atomic E-state index is 16.1. The maximum Gasteiger partial charge on any atom is 0.337 e. The Hall–Kier alpha value is -3.46. The molecule has 1 N–H and O–H groups in total. The van der Waals surface area contributed by atoms with Gasteiger partial charge >= 0.3 is 5.97 Å². The fourth-order valence-electron chi connectivity index (χ4n) is 7.74. The van der Waals surface area contributed by atoms with Crippen LogP contribution in [0.25, 0.3) is 11.0 Å². The van der Waals surface area contributed by atoms with Gasteiger partial charge in [-0.1, -0.05) is 41.4 Å². The number of esters is 1. The molecule has 1 amide bonds. The van der Waals surface area contributed by atoms with E-state index in [2.05, 4.69) is 14.8 Å². The van der Waals surface area contributed by atoms with Crippen LogP contribution in [-0.4, -0.2) is 51.6 Å². The van der Waals surface area contributed by atoms with Crippen LogP contribution >= 0.6 is 23.2 Å². The van der Waals surface area contributed by atoms with Gasteiger partial charge in [0.05, 0.1) is 28.7 Å². The Balaban J connectivity index is 1.36. The van der Waals surface area contributed by atoms with Gasteiger partial charge in [0.15, 0.2) is 0 Å². The van der Waals surface area contributed by atoms with Crippen LogP contribution in [0, 0.1) is 11.7 Å². The van der Waals surface area contributed by atoms with Crippen molar-refractivity contribution < 1.29 is 18.7 Å². The van der Waals surface area contributed by atoms with Crippen LogP contribution in [-0.2, 0) is 22.5 Å². The summed E-state index contributed by atoms with van der Waals surface area (Å²) in [4.78, 5) is 34.2. The number of fused-ring (bicyclic) bond motifs is 6. The van der Waals surface area contributed by atoms with Crippen molar-refractivity contribution in [1.82, 2.24) is 14.5 Å². The van der Waals surface area contributed by atoms with Crippen LogP contribution in [0.2, 0.25) is 10.0 Å². The lowest BCUT2D eigenvalue weighted by Crippen LogP contribution is -2.61. The number of amides is 1. The molecule has 10 heteroatoms. The summed E-state index contributed by atoms with van der Waals surface area (Å²) >= 11 is 12.7. The van der Waals surface area contributed by atoms with Crippen LogP contribution in [0.4, 0.5) is 10.1 Å². The molecule has 4 aromatic rings. The molecular weight excluding hydrogens is 578 g/mol. The lowest BCUT2D eigenvalue weighted by atomic mass is 9.69. The maximum atomic E-state index is 16.1. The summed E-state index contributed by atoms with van der Waals surface area (Å²) in [7, 11) is 1.35. The molecule has 1 saturated carbocycles. The summed E-state index contributed by atoms with van der Waals surface area (Å²) in [5, 5.41) is 3.73. The highest BCUT2D eigenvalue weighted by molar-refractivity contribution is 6.31. The zero-order valence-corrected chi connectivity index (χ0v) is 24.3. The zero-order chi connectivity index (χ0) is 28.9. The number of carbonyl (C=O) groups is 2. The number of likely N-dealkylation sites (tertiary alicyclic amines) is 1. The summed E-state index contributed by atoms with van der Waals surface area (Å²) in [5.41, 5.74) is 2.98. The van der Waals surface area contributed by atoms with Gasteiger partial charge in [-0.25, -0.2) is 14.2 Å². The Bertz CT molecular complexity index is 1820. The molecule has 4 atom stereocenters. The SMILES string of the molecule is COC(=O)c1ccc2c(c1)nc1n2C[C@H]2[C@@H]1[C@H](c1cccc(Cl)c1F)[C@@]1(Cc3ccc(Cl)cc3NC1=O)N2CC1CC1. The molecule has 1 aliphatic carbocycles. The topological polar surface area (TPSA) is 76.5 Å². The predicted molar refractivity (Wildman–Crippen MR) is 158 cm³/mol. The number of hydrogen-bond acceptors (Lipinski definition) is 5. The lowest BCUT2D eigenvalue weighted by molar-refractivity contribution is -0.129. The van der Waals surface area contributed by atoms with Crippen LogP contribution in [0.1, 0.15) is 52.0 Å². The van der Waals surface area contributed by atoms with Crippen molar-refractivity contribution >= 4 is 51.8 Å². The van der Waals surface area contributed by atoms with E-state index in [0.717, 1.165) is 36.3 Å². The highest BCUT2D eigenvalue weighted by Crippen LogP contribution is 2.61. The van der Waals surface area contributed by atoms with E-state index in [4.69, 9.17) is 32.9 Å². The van der Waals surface area contributed by atoms with Gasteiger partial charge in [0.1, 0.15) is 17.2 Å². The highest BCUT2D eigenvalue weighted by atomic mass is 35.5. The van der Waals surface area contributed by atoms with Crippen molar-refractivity contribution in [3.8, 4) is 0 Å². The number of imidazole rings is 1. The number of anilines is 1. The Morgan fingerprint density at radius 1 is 1.17 bits per heavy atom. The number of methoxy groups -OCH3 is 1. The molecule has 214 valence electrons. The highest BCUT2D eigenvalue weighted by Gasteiger charge is 2.67. The van der Waals surface area contributed by atoms with Crippen molar-refractivity contribution in [2.45, 2.75) is 49.2 Å². The van der Waals surface area contributed by atoms with Crippen molar-refractivity contribution in [3.05, 3.63) is 93.0 Å². The van der Waals surface area contributed by atoms with Gasteiger partial charge in [-0.2, -0.15) is 0 Å². The molecule has 0 radical (unpaired) electrons. The van der Waals surface area contributed by atoms with E-state index in [1.165, 1.54) is 13.2 Å². The van der Waals surface area contributed by atoms with E-state index in [-0.39, 0.29) is 22.9 Å². The third-order valence-corrected chi connectivity index (χ3v) is 10.2. The minimum atomic E-state index is -1.06. The second-order valence-corrected chi connectivity index (χ2v) is 12.8.